The molecule has 2 aliphatic rings. The highest BCUT2D eigenvalue weighted by molar-refractivity contribution is 6.25. The van der Waals surface area contributed by atoms with Gasteiger partial charge in [0.1, 0.15) is 6.61 Å². The zero-order chi connectivity index (χ0) is 13.6. The third kappa shape index (κ3) is 1.83. The number of aliphatic hydroxyl groups is 1. The molecule has 96 valence electrons. The number of anilines is 1. The van der Waals surface area contributed by atoms with E-state index in [1.165, 1.54) is 4.90 Å². The average molecular weight is 255 g/mol. The van der Waals surface area contributed by atoms with Gasteiger partial charge in [0.2, 0.25) is 11.8 Å². The van der Waals surface area contributed by atoms with Crippen LogP contribution in [0, 0.1) is 30.6 Å². The van der Waals surface area contributed by atoms with E-state index in [4.69, 9.17) is 5.11 Å². The zero-order valence-corrected chi connectivity index (χ0v) is 10.5. The molecule has 2 amide bonds. The maximum atomic E-state index is 12.0. The minimum Gasteiger partial charge on any atom is -0.384 e. The minimum absolute atomic E-state index is 0.0766. The molecule has 19 heavy (non-hydrogen) atoms. The highest BCUT2D eigenvalue weighted by atomic mass is 16.2. The number of amides is 2. The van der Waals surface area contributed by atoms with E-state index < -0.39 is 0 Å². The third-order valence-electron chi connectivity index (χ3n) is 3.62. The molecule has 1 aromatic carbocycles. The van der Waals surface area contributed by atoms with Crippen LogP contribution in [-0.4, -0.2) is 23.5 Å². The molecule has 0 spiro atoms. The van der Waals surface area contributed by atoms with E-state index in [1.807, 2.05) is 13.0 Å². The summed E-state index contributed by atoms with van der Waals surface area (Å²) in [6.45, 7) is 1.66. The quantitative estimate of drug-likeness (QED) is 0.598. The number of benzene rings is 1. The van der Waals surface area contributed by atoms with Gasteiger partial charge in [-0.1, -0.05) is 11.8 Å². The summed E-state index contributed by atoms with van der Waals surface area (Å²) in [5.41, 5.74) is 2.25. The number of piperidine rings is 1. The molecule has 2 atom stereocenters. The molecule has 1 saturated carbocycles. The zero-order valence-electron chi connectivity index (χ0n) is 10.5. The van der Waals surface area contributed by atoms with E-state index in [1.54, 1.807) is 12.1 Å². The van der Waals surface area contributed by atoms with Crippen molar-refractivity contribution in [3.8, 4) is 11.8 Å². The molecule has 4 nitrogen and oxygen atoms in total. The number of hydrogen-bond donors (Lipinski definition) is 1. The lowest BCUT2D eigenvalue weighted by atomic mass is 10.1. The lowest BCUT2D eigenvalue weighted by molar-refractivity contribution is -0.123. The van der Waals surface area contributed by atoms with Crippen molar-refractivity contribution in [1.82, 2.24) is 0 Å². The first-order chi connectivity index (χ1) is 9.13. The molecule has 0 aromatic heterocycles. The first kappa shape index (κ1) is 11.9. The Morgan fingerprint density at radius 3 is 2.58 bits per heavy atom. The monoisotopic (exact) mass is 255 g/mol. The normalized spacial score (nSPS) is 24.0. The molecule has 3 rings (SSSR count). The van der Waals surface area contributed by atoms with E-state index >= 15 is 0 Å². The number of carbonyl (C=O) groups excluding carboxylic acids is 2. The largest absolute Gasteiger partial charge is 0.384 e. The smallest absolute Gasteiger partial charge is 0.237 e. The van der Waals surface area contributed by atoms with Gasteiger partial charge >= 0.3 is 0 Å². The van der Waals surface area contributed by atoms with Gasteiger partial charge in [0.25, 0.3) is 0 Å². The Bertz CT molecular complexity index is 619. The minimum atomic E-state index is -0.187. The van der Waals surface area contributed by atoms with Gasteiger partial charge in [0.15, 0.2) is 0 Å². The summed E-state index contributed by atoms with van der Waals surface area (Å²) in [5, 5.41) is 8.66. The predicted octanol–water partition coefficient (Wildman–Crippen LogP) is 0.848. The summed E-state index contributed by atoms with van der Waals surface area (Å²) >= 11 is 0. The summed E-state index contributed by atoms with van der Waals surface area (Å²) in [4.78, 5) is 25.3. The number of carbonyl (C=O) groups is 2. The fourth-order valence-corrected chi connectivity index (χ4v) is 2.54. The molecule has 0 bridgehead atoms. The molecule has 4 heteroatoms. The van der Waals surface area contributed by atoms with E-state index in [9.17, 15) is 9.59 Å². The summed E-state index contributed by atoms with van der Waals surface area (Å²) in [6.07, 6.45) is 0.716. The number of fused-ring (bicyclic) bond motifs is 1. The molecule has 1 aliphatic heterocycles. The van der Waals surface area contributed by atoms with Crippen molar-refractivity contribution in [3.63, 3.8) is 0 Å². The summed E-state index contributed by atoms with van der Waals surface area (Å²) < 4.78 is 0. The Hall–Kier alpha value is -2.12. The second-order valence-corrected chi connectivity index (χ2v) is 4.92. The van der Waals surface area contributed by atoms with Crippen LogP contribution in [0.4, 0.5) is 5.69 Å². The van der Waals surface area contributed by atoms with Crippen LogP contribution < -0.4 is 4.90 Å². The fraction of sp³-hybridized carbons (Fsp3) is 0.333. The molecule has 2 unspecified atom stereocenters. The van der Waals surface area contributed by atoms with Crippen LogP contribution in [0.5, 0.6) is 0 Å². The Balaban J connectivity index is 1.94. The van der Waals surface area contributed by atoms with Gasteiger partial charge in [0, 0.05) is 5.56 Å². The third-order valence-corrected chi connectivity index (χ3v) is 3.62. The summed E-state index contributed by atoms with van der Waals surface area (Å²) in [5.74, 6) is 5.06. The highest BCUT2D eigenvalue weighted by Gasteiger charge is 2.59. The molecule has 1 saturated heterocycles. The summed E-state index contributed by atoms with van der Waals surface area (Å²) in [7, 11) is 0. The molecule has 2 fully saturated rings. The Kier molecular flexibility index (Phi) is 2.65. The predicted molar refractivity (Wildman–Crippen MR) is 69.2 cm³/mol. The van der Waals surface area contributed by atoms with E-state index in [-0.39, 0.29) is 30.3 Å². The van der Waals surface area contributed by atoms with Gasteiger partial charge in [-0.3, -0.25) is 9.59 Å². The topological polar surface area (TPSA) is 57.6 Å². The van der Waals surface area contributed by atoms with Crippen molar-refractivity contribution in [1.29, 1.82) is 0 Å². The first-order valence-corrected chi connectivity index (χ1v) is 6.21. The Morgan fingerprint density at radius 2 is 2.00 bits per heavy atom. The number of aliphatic hydroxyl groups excluding tert-OH is 1. The molecule has 1 aliphatic carbocycles. The van der Waals surface area contributed by atoms with Crippen LogP contribution in [0.25, 0.3) is 0 Å². The first-order valence-electron chi connectivity index (χ1n) is 6.21. The van der Waals surface area contributed by atoms with Crippen molar-refractivity contribution in [2.45, 2.75) is 13.3 Å². The molecule has 0 radical (unpaired) electrons. The highest BCUT2D eigenvalue weighted by Crippen LogP contribution is 2.48. The lowest BCUT2D eigenvalue weighted by Crippen LogP contribution is -2.33. The second-order valence-electron chi connectivity index (χ2n) is 4.92. The molecular weight excluding hydrogens is 242 g/mol. The Morgan fingerprint density at radius 1 is 1.32 bits per heavy atom. The van der Waals surface area contributed by atoms with Crippen LogP contribution in [0.15, 0.2) is 18.2 Å². The number of aryl methyl sites for hydroxylation is 1. The maximum Gasteiger partial charge on any atom is 0.237 e. The van der Waals surface area contributed by atoms with Crippen LogP contribution in [-0.2, 0) is 9.59 Å². The van der Waals surface area contributed by atoms with Gasteiger partial charge in [-0.25, -0.2) is 4.90 Å². The maximum absolute atomic E-state index is 12.0. The van der Waals surface area contributed by atoms with Crippen molar-refractivity contribution in [2.24, 2.45) is 11.8 Å². The van der Waals surface area contributed by atoms with Crippen molar-refractivity contribution >= 4 is 17.5 Å². The van der Waals surface area contributed by atoms with Gasteiger partial charge in [-0.15, -0.1) is 0 Å². The lowest BCUT2D eigenvalue weighted by Gasteiger charge is -2.18. The second kappa shape index (κ2) is 4.22. The van der Waals surface area contributed by atoms with Gasteiger partial charge < -0.3 is 5.11 Å². The van der Waals surface area contributed by atoms with Crippen molar-refractivity contribution in [3.05, 3.63) is 29.3 Å². The van der Waals surface area contributed by atoms with Crippen LogP contribution >= 0.6 is 0 Å². The average Bonchev–Trinajstić information content (AvgIpc) is 3.14. The number of imide groups is 1. The Labute approximate surface area is 111 Å². The standard InChI is InChI=1S/C15H13NO3/c1-9-7-10(3-2-6-17)4-5-13(9)16-14(18)11-8-12(11)15(16)19/h4-5,7,11-12,17H,6,8H2,1H3. The summed E-state index contributed by atoms with van der Waals surface area (Å²) in [6, 6.07) is 5.33. The van der Waals surface area contributed by atoms with E-state index in [2.05, 4.69) is 11.8 Å². The molecule has 1 aromatic rings. The molecular formula is C15H13NO3. The van der Waals surface area contributed by atoms with Gasteiger partial charge in [0.05, 0.1) is 17.5 Å². The van der Waals surface area contributed by atoms with E-state index in [0.29, 0.717) is 12.1 Å². The SMILES string of the molecule is Cc1cc(C#CCO)ccc1N1C(=O)C2CC2C1=O. The molecule has 1 heterocycles. The van der Waals surface area contributed by atoms with Crippen molar-refractivity contribution < 1.29 is 14.7 Å². The van der Waals surface area contributed by atoms with Gasteiger partial charge in [-0.05, 0) is 37.1 Å². The fourth-order valence-electron chi connectivity index (χ4n) is 2.54. The number of hydrogen-bond acceptors (Lipinski definition) is 3. The number of rotatable bonds is 1. The van der Waals surface area contributed by atoms with Crippen LogP contribution in [0.3, 0.4) is 0 Å². The molecule has 1 N–H and O–H groups in total. The van der Waals surface area contributed by atoms with Crippen molar-refractivity contribution in [2.75, 3.05) is 11.5 Å². The van der Waals surface area contributed by atoms with Crippen LogP contribution in [0.2, 0.25) is 0 Å². The number of nitrogens with zero attached hydrogens (tertiary/aromatic N) is 1. The van der Waals surface area contributed by atoms with E-state index in [0.717, 1.165) is 11.1 Å². The van der Waals surface area contributed by atoms with Crippen LogP contribution in [0.1, 0.15) is 17.5 Å². The van der Waals surface area contributed by atoms with Gasteiger partial charge in [-0.2, -0.15) is 0 Å².